The lowest BCUT2D eigenvalue weighted by Crippen LogP contribution is -2.37. The van der Waals surface area contributed by atoms with Crippen LogP contribution in [0.3, 0.4) is 0 Å². The zero-order valence-corrected chi connectivity index (χ0v) is 29.3. The van der Waals surface area contributed by atoms with Gasteiger partial charge in [-0.2, -0.15) is 0 Å². The minimum absolute atomic E-state index is 0.0562. The van der Waals surface area contributed by atoms with Crippen LogP contribution in [0.5, 0.6) is 0 Å². The molecule has 1 aliphatic rings. The third-order valence-electron chi connectivity index (χ3n) is 8.32. The van der Waals surface area contributed by atoms with Gasteiger partial charge < -0.3 is 14.0 Å². The van der Waals surface area contributed by atoms with Gasteiger partial charge >= 0.3 is 0 Å². The van der Waals surface area contributed by atoms with Crippen LogP contribution in [0.2, 0.25) is 0 Å². The molecule has 0 saturated carbocycles. The first-order valence-electron chi connectivity index (χ1n) is 17.3. The molecule has 2 heterocycles. The van der Waals surface area contributed by atoms with Crippen molar-refractivity contribution in [2.45, 2.75) is 97.3 Å². The Hall–Kier alpha value is -3.55. The fourth-order valence-electron chi connectivity index (χ4n) is 5.41. The average Bonchev–Trinajstić information content (AvgIpc) is 3.52. The van der Waals surface area contributed by atoms with Crippen molar-refractivity contribution >= 4 is 11.6 Å². The number of hydrogen-bond acceptors (Lipinski definition) is 7. The van der Waals surface area contributed by atoms with E-state index in [4.69, 9.17) is 14.0 Å². The number of ether oxygens (including phenoxy) is 2. The molecule has 0 aliphatic carbocycles. The van der Waals surface area contributed by atoms with Gasteiger partial charge in [0.25, 0.3) is 0 Å². The van der Waals surface area contributed by atoms with Gasteiger partial charge in [-0.05, 0) is 74.6 Å². The molecule has 1 saturated heterocycles. The number of aromatic nitrogens is 1. The summed E-state index contributed by atoms with van der Waals surface area (Å²) in [6.07, 6.45) is 12.9. The van der Waals surface area contributed by atoms with Crippen LogP contribution in [0.1, 0.15) is 95.2 Å². The topological polar surface area (TPSA) is 81.9 Å². The molecule has 47 heavy (non-hydrogen) atoms. The lowest BCUT2D eigenvalue weighted by molar-refractivity contribution is -0.119. The predicted octanol–water partition coefficient (Wildman–Crippen LogP) is 8.09. The molecule has 0 radical (unpaired) electrons. The predicted molar refractivity (Wildman–Crippen MR) is 189 cm³/mol. The van der Waals surface area contributed by atoms with E-state index in [2.05, 4.69) is 68.3 Å². The molecular weight excluding hydrogens is 588 g/mol. The number of rotatable bonds is 21. The molecule has 0 atom stereocenters. The molecule has 1 fully saturated rings. The molecule has 1 aliphatic heterocycles. The second-order valence-electron chi connectivity index (χ2n) is 13.6. The largest absolute Gasteiger partial charge is 0.494 e. The second-order valence-corrected chi connectivity index (χ2v) is 13.6. The minimum Gasteiger partial charge on any atom is -0.494 e. The van der Waals surface area contributed by atoms with E-state index < -0.39 is 0 Å². The summed E-state index contributed by atoms with van der Waals surface area (Å²) in [7, 11) is 0. The Bertz CT molecular complexity index is 1350. The molecule has 0 spiro atoms. The molecule has 1 aromatic heterocycles. The van der Waals surface area contributed by atoms with Crippen molar-refractivity contribution in [2.75, 3.05) is 39.5 Å². The Balaban J connectivity index is 1.29. The molecule has 7 nitrogen and oxygen atoms in total. The maximum Gasteiger partial charge on any atom is 0.163 e. The summed E-state index contributed by atoms with van der Waals surface area (Å²) >= 11 is 0. The summed E-state index contributed by atoms with van der Waals surface area (Å²) in [6, 6.07) is 10.6. The lowest BCUT2D eigenvalue weighted by Gasteiger charge is -2.26. The highest BCUT2D eigenvalue weighted by atomic mass is 16.5. The monoisotopic (exact) mass is 644 g/mol. The van der Waals surface area contributed by atoms with Gasteiger partial charge in [-0.1, -0.05) is 75.5 Å². The van der Waals surface area contributed by atoms with E-state index >= 15 is 0 Å². The summed E-state index contributed by atoms with van der Waals surface area (Å²) < 4.78 is 16.5. The number of allylic oxidation sites excluding steroid dienone is 5. The SMILES string of the molecule is C=C(C=CC=C(C(=C)C)C(=O)CCCc1ccc(CCCC(=O)CCCc2cc(C(C)(C)C)on2)cc1)OCCCN1CCOCC1. The van der Waals surface area contributed by atoms with E-state index in [1.165, 1.54) is 11.1 Å². The number of hydrogen-bond donors (Lipinski definition) is 0. The standard InChI is InChI=1S/C40H56N2O5/c1-31(2)37(18-7-12-32(3)46-27-11-24-42-25-28-45-29-26-42)38(44)19-9-14-34-22-20-33(21-23-34)13-8-16-36(43)17-10-15-35-30-39(47-41-35)40(4,5)6/h7,12,18,20-23,30H,1,3,8-11,13-17,19,24-29H2,2,4-6H3. The summed E-state index contributed by atoms with van der Waals surface area (Å²) in [5.74, 6) is 1.86. The fourth-order valence-corrected chi connectivity index (χ4v) is 5.41. The van der Waals surface area contributed by atoms with Crippen LogP contribution >= 0.6 is 0 Å². The van der Waals surface area contributed by atoms with Gasteiger partial charge in [0.15, 0.2) is 5.78 Å². The molecule has 3 rings (SSSR count). The van der Waals surface area contributed by atoms with Gasteiger partial charge in [-0.15, -0.1) is 0 Å². The first-order valence-corrected chi connectivity index (χ1v) is 17.3. The first kappa shape index (κ1) is 37.9. The minimum atomic E-state index is -0.0562. The van der Waals surface area contributed by atoms with Gasteiger partial charge in [0.1, 0.15) is 17.3 Å². The van der Waals surface area contributed by atoms with Gasteiger partial charge in [-0.25, -0.2) is 0 Å². The van der Waals surface area contributed by atoms with Crippen LogP contribution in [0, 0.1) is 0 Å². The molecule has 0 unspecified atom stereocenters. The number of nitrogens with zero attached hydrogens (tertiary/aromatic N) is 2. The highest BCUT2D eigenvalue weighted by Gasteiger charge is 2.19. The van der Waals surface area contributed by atoms with E-state index in [1.54, 1.807) is 6.08 Å². The summed E-state index contributed by atoms with van der Waals surface area (Å²) in [5.41, 5.74) is 4.70. The van der Waals surface area contributed by atoms with E-state index in [9.17, 15) is 9.59 Å². The number of ketones is 2. The average molecular weight is 645 g/mol. The van der Waals surface area contributed by atoms with Crippen LogP contribution in [0.4, 0.5) is 0 Å². The van der Waals surface area contributed by atoms with Crippen LogP contribution in [-0.2, 0) is 43.7 Å². The maximum absolute atomic E-state index is 12.9. The molecule has 0 bridgehead atoms. The molecule has 256 valence electrons. The zero-order valence-electron chi connectivity index (χ0n) is 29.3. The summed E-state index contributed by atoms with van der Waals surface area (Å²) in [6.45, 7) is 21.3. The third-order valence-corrected chi connectivity index (χ3v) is 8.32. The number of aryl methyl sites for hydroxylation is 3. The zero-order chi connectivity index (χ0) is 34.1. The quantitative estimate of drug-likeness (QED) is 0.0588. The van der Waals surface area contributed by atoms with Crippen molar-refractivity contribution in [2.24, 2.45) is 0 Å². The van der Waals surface area contributed by atoms with Gasteiger partial charge in [-0.3, -0.25) is 14.5 Å². The Kier molecular flexibility index (Phi) is 16.1. The van der Waals surface area contributed by atoms with Crippen LogP contribution in [0.15, 0.2) is 83.1 Å². The van der Waals surface area contributed by atoms with Crippen molar-refractivity contribution in [3.8, 4) is 0 Å². The maximum atomic E-state index is 12.9. The normalized spacial score (nSPS) is 14.4. The summed E-state index contributed by atoms with van der Waals surface area (Å²) in [4.78, 5) is 27.7. The number of morpholine rings is 1. The van der Waals surface area contributed by atoms with Crippen LogP contribution in [0.25, 0.3) is 0 Å². The van der Waals surface area contributed by atoms with E-state index in [-0.39, 0.29) is 11.2 Å². The highest BCUT2D eigenvalue weighted by Crippen LogP contribution is 2.23. The summed E-state index contributed by atoms with van der Waals surface area (Å²) in [5, 5.41) is 4.14. The van der Waals surface area contributed by atoms with E-state index in [0.717, 1.165) is 94.8 Å². The van der Waals surface area contributed by atoms with Crippen molar-refractivity contribution < 1.29 is 23.6 Å². The molecule has 2 aromatic rings. The molecule has 7 heteroatoms. The fraction of sp³-hybridized carbons (Fsp3) is 0.525. The van der Waals surface area contributed by atoms with Gasteiger partial charge in [0.2, 0.25) is 0 Å². The number of benzene rings is 1. The smallest absolute Gasteiger partial charge is 0.163 e. The number of carbonyl (C=O) groups is 2. The van der Waals surface area contributed by atoms with Gasteiger partial charge in [0.05, 0.1) is 25.5 Å². The lowest BCUT2D eigenvalue weighted by atomic mass is 9.93. The third kappa shape index (κ3) is 14.8. The molecule has 1 aromatic carbocycles. The molecular formula is C40H56N2O5. The Morgan fingerprint density at radius 1 is 0.936 bits per heavy atom. The van der Waals surface area contributed by atoms with Gasteiger partial charge in [0, 0.05) is 56.0 Å². The first-order chi connectivity index (χ1) is 22.5. The highest BCUT2D eigenvalue weighted by molar-refractivity contribution is 5.99. The van der Waals surface area contributed by atoms with Crippen LogP contribution < -0.4 is 0 Å². The Morgan fingerprint density at radius 2 is 1.55 bits per heavy atom. The second kappa shape index (κ2) is 20.0. The number of Topliss-reactive ketones (excluding diaryl/α,β-unsaturated/α-hetero) is 2. The molecule has 0 N–H and O–H groups in total. The van der Waals surface area contributed by atoms with Crippen LogP contribution in [-0.4, -0.2) is 61.1 Å². The van der Waals surface area contributed by atoms with E-state index in [0.29, 0.717) is 43.0 Å². The Morgan fingerprint density at radius 3 is 2.15 bits per heavy atom. The Labute approximate surface area is 282 Å². The van der Waals surface area contributed by atoms with E-state index in [1.807, 2.05) is 25.1 Å². The van der Waals surface area contributed by atoms with Crippen molar-refractivity contribution in [1.82, 2.24) is 10.1 Å². The number of carbonyl (C=O) groups excluding carboxylic acids is 2. The van der Waals surface area contributed by atoms with Crippen molar-refractivity contribution in [3.05, 3.63) is 101 Å². The van der Waals surface area contributed by atoms with Crippen molar-refractivity contribution in [1.29, 1.82) is 0 Å². The van der Waals surface area contributed by atoms with Crippen molar-refractivity contribution in [3.63, 3.8) is 0 Å². The molecule has 0 amide bonds.